The van der Waals surface area contributed by atoms with Gasteiger partial charge in [0.2, 0.25) is 0 Å². The van der Waals surface area contributed by atoms with Crippen LogP contribution in [0.2, 0.25) is 0 Å². The van der Waals surface area contributed by atoms with Gasteiger partial charge in [-0.15, -0.1) is 0 Å². The SMILES string of the molecule is C[C@@H]1c2ccccc2O[C@H]1C(=O)NCc1cc(N(C)C)nc2ccccc12. The van der Waals surface area contributed by atoms with Gasteiger partial charge in [0.05, 0.1) is 5.52 Å². The molecule has 0 saturated heterocycles. The Hall–Kier alpha value is -3.08. The van der Waals surface area contributed by atoms with E-state index in [4.69, 9.17) is 4.74 Å². The van der Waals surface area contributed by atoms with Gasteiger partial charge in [0.15, 0.2) is 6.10 Å². The van der Waals surface area contributed by atoms with Crippen LogP contribution in [0.25, 0.3) is 10.9 Å². The van der Waals surface area contributed by atoms with Crippen LogP contribution in [0.1, 0.15) is 24.0 Å². The van der Waals surface area contributed by atoms with Crippen molar-refractivity contribution in [1.29, 1.82) is 0 Å². The van der Waals surface area contributed by atoms with Gasteiger partial charge >= 0.3 is 0 Å². The minimum atomic E-state index is -0.496. The lowest BCUT2D eigenvalue weighted by Crippen LogP contribution is -2.38. The number of hydrogen-bond donors (Lipinski definition) is 1. The molecule has 0 bridgehead atoms. The smallest absolute Gasteiger partial charge is 0.261 e. The third kappa shape index (κ3) is 3.21. The van der Waals surface area contributed by atoms with Crippen molar-refractivity contribution in [3.8, 4) is 5.75 Å². The van der Waals surface area contributed by atoms with Gasteiger partial charge in [0, 0.05) is 37.5 Å². The van der Waals surface area contributed by atoms with Gasteiger partial charge in [-0.25, -0.2) is 4.98 Å². The quantitative estimate of drug-likeness (QED) is 0.773. The Kier molecular flexibility index (Phi) is 4.44. The maximum atomic E-state index is 12.8. The number of hydrogen-bond acceptors (Lipinski definition) is 4. The highest BCUT2D eigenvalue weighted by atomic mass is 16.5. The fourth-order valence-corrected chi connectivity index (χ4v) is 3.54. The molecule has 2 atom stereocenters. The summed E-state index contributed by atoms with van der Waals surface area (Å²) in [6.07, 6.45) is -0.496. The molecule has 27 heavy (non-hydrogen) atoms. The van der Waals surface area contributed by atoms with Crippen LogP contribution in [-0.4, -0.2) is 31.1 Å². The van der Waals surface area contributed by atoms with Crippen LogP contribution >= 0.6 is 0 Å². The Morgan fingerprint density at radius 1 is 1.15 bits per heavy atom. The van der Waals surface area contributed by atoms with Gasteiger partial charge in [0.25, 0.3) is 5.91 Å². The van der Waals surface area contributed by atoms with E-state index in [0.717, 1.165) is 33.6 Å². The molecule has 0 spiro atoms. The van der Waals surface area contributed by atoms with Gasteiger partial charge < -0.3 is 15.0 Å². The average molecular weight is 361 g/mol. The molecule has 1 aliphatic heterocycles. The van der Waals surface area contributed by atoms with E-state index < -0.39 is 6.10 Å². The standard InChI is InChI=1S/C22H23N3O2/c1-14-16-8-5-7-11-19(16)27-21(14)22(26)23-13-15-12-20(25(2)3)24-18-10-6-4-9-17(15)18/h4-12,14,21H,13H2,1-3H3,(H,23,26)/t14-,21-/m1/s1. The van der Waals surface area contributed by atoms with E-state index in [1.54, 1.807) is 0 Å². The highest BCUT2D eigenvalue weighted by molar-refractivity contribution is 5.86. The number of carbonyl (C=O) groups excluding carboxylic acids is 1. The number of rotatable bonds is 4. The molecule has 0 radical (unpaired) electrons. The van der Waals surface area contributed by atoms with E-state index in [-0.39, 0.29) is 11.8 Å². The molecule has 5 heteroatoms. The minimum Gasteiger partial charge on any atom is -0.480 e. The number of aromatic nitrogens is 1. The lowest BCUT2D eigenvalue weighted by molar-refractivity contribution is -0.128. The highest BCUT2D eigenvalue weighted by Gasteiger charge is 2.35. The van der Waals surface area contributed by atoms with Crippen LogP contribution in [0, 0.1) is 0 Å². The average Bonchev–Trinajstić information content (AvgIpc) is 3.02. The molecule has 0 unspecified atom stereocenters. The zero-order valence-electron chi connectivity index (χ0n) is 15.8. The zero-order chi connectivity index (χ0) is 19.0. The molecule has 4 rings (SSSR count). The van der Waals surface area contributed by atoms with Crippen molar-refractivity contribution < 1.29 is 9.53 Å². The van der Waals surface area contributed by atoms with Crippen molar-refractivity contribution in [2.24, 2.45) is 0 Å². The molecule has 0 fully saturated rings. The van der Waals surface area contributed by atoms with Crippen LogP contribution < -0.4 is 15.0 Å². The molecule has 0 aliphatic carbocycles. The third-order valence-electron chi connectivity index (χ3n) is 5.08. The number of nitrogens with zero attached hydrogens (tertiary/aromatic N) is 2. The maximum Gasteiger partial charge on any atom is 0.261 e. The van der Waals surface area contributed by atoms with Crippen LogP contribution in [0.5, 0.6) is 5.75 Å². The number of fused-ring (bicyclic) bond motifs is 2. The second kappa shape index (κ2) is 6.91. The summed E-state index contributed by atoms with van der Waals surface area (Å²) in [4.78, 5) is 19.4. The van der Waals surface area contributed by atoms with Crippen molar-refractivity contribution in [3.63, 3.8) is 0 Å². The monoisotopic (exact) mass is 361 g/mol. The van der Waals surface area contributed by atoms with E-state index >= 15 is 0 Å². The van der Waals surface area contributed by atoms with Crippen molar-refractivity contribution in [3.05, 3.63) is 65.7 Å². The first-order chi connectivity index (χ1) is 13.0. The van der Waals surface area contributed by atoms with Crippen LogP contribution in [0.15, 0.2) is 54.6 Å². The summed E-state index contributed by atoms with van der Waals surface area (Å²) in [6.45, 7) is 2.47. The van der Waals surface area contributed by atoms with Crippen molar-refractivity contribution >= 4 is 22.6 Å². The Balaban J connectivity index is 1.55. The topological polar surface area (TPSA) is 54.5 Å². The number of carbonyl (C=O) groups is 1. The number of ether oxygens (including phenoxy) is 1. The van der Waals surface area contributed by atoms with E-state index in [2.05, 4.69) is 10.3 Å². The summed E-state index contributed by atoms with van der Waals surface area (Å²) in [6, 6.07) is 17.9. The minimum absolute atomic E-state index is 0.0349. The summed E-state index contributed by atoms with van der Waals surface area (Å²) in [5.41, 5.74) is 3.05. The number of para-hydroxylation sites is 2. The van der Waals surface area contributed by atoms with Crippen LogP contribution in [0.4, 0.5) is 5.82 Å². The van der Waals surface area contributed by atoms with Gasteiger partial charge in [-0.2, -0.15) is 0 Å². The highest BCUT2D eigenvalue weighted by Crippen LogP contribution is 2.37. The molecule has 2 aromatic carbocycles. The predicted molar refractivity (Wildman–Crippen MR) is 107 cm³/mol. The summed E-state index contributed by atoms with van der Waals surface area (Å²) >= 11 is 0. The van der Waals surface area contributed by atoms with E-state index in [9.17, 15) is 4.79 Å². The number of nitrogens with one attached hydrogen (secondary N) is 1. The Labute approximate surface area is 159 Å². The van der Waals surface area contributed by atoms with Crippen molar-refractivity contribution in [1.82, 2.24) is 10.3 Å². The lowest BCUT2D eigenvalue weighted by atomic mass is 9.97. The van der Waals surface area contributed by atoms with Crippen LogP contribution in [-0.2, 0) is 11.3 Å². The fourth-order valence-electron chi connectivity index (χ4n) is 3.54. The first-order valence-electron chi connectivity index (χ1n) is 9.14. The number of amides is 1. The van der Waals surface area contributed by atoms with E-state index in [0.29, 0.717) is 6.54 Å². The van der Waals surface area contributed by atoms with Crippen molar-refractivity contribution in [2.45, 2.75) is 25.5 Å². The molecular formula is C22H23N3O2. The predicted octanol–water partition coefficient (Wildman–Crippen LogP) is 3.48. The van der Waals surface area contributed by atoms with E-state index in [1.165, 1.54) is 0 Å². The number of anilines is 1. The largest absolute Gasteiger partial charge is 0.480 e. The molecule has 1 N–H and O–H groups in total. The Morgan fingerprint density at radius 3 is 2.67 bits per heavy atom. The third-order valence-corrected chi connectivity index (χ3v) is 5.08. The first kappa shape index (κ1) is 17.3. The van der Waals surface area contributed by atoms with Gasteiger partial charge in [-0.3, -0.25) is 4.79 Å². The molecular weight excluding hydrogens is 338 g/mol. The summed E-state index contributed by atoms with van der Waals surface area (Å²) in [5, 5.41) is 4.10. The van der Waals surface area contributed by atoms with E-state index in [1.807, 2.05) is 80.5 Å². The molecule has 0 saturated carbocycles. The summed E-state index contributed by atoms with van der Waals surface area (Å²) in [7, 11) is 3.93. The first-order valence-corrected chi connectivity index (χ1v) is 9.14. The Morgan fingerprint density at radius 2 is 1.89 bits per heavy atom. The molecule has 1 aliphatic rings. The normalized spacial score (nSPS) is 18.0. The maximum absolute atomic E-state index is 12.8. The molecule has 138 valence electrons. The lowest BCUT2D eigenvalue weighted by Gasteiger charge is -2.18. The summed E-state index contributed by atoms with van der Waals surface area (Å²) < 4.78 is 5.89. The molecule has 1 amide bonds. The molecule has 1 aromatic heterocycles. The van der Waals surface area contributed by atoms with Gasteiger partial charge in [-0.05, 0) is 23.8 Å². The van der Waals surface area contributed by atoms with Crippen LogP contribution in [0.3, 0.4) is 0 Å². The van der Waals surface area contributed by atoms with Gasteiger partial charge in [0.1, 0.15) is 11.6 Å². The van der Waals surface area contributed by atoms with Gasteiger partial charge in [-0.1, -0.05) is 43.3 Å². The number of benzene rings is 2. The number of pyridine rings is 1. The fraction of sp³-hybridized carbons (Fsp3) is 0.273. The Bertz CT molecular complexity index is 1000. The molecule has 2 heterocycles. The summed E-state index contributed by atoms with van der Waals surface area (Å²) in [5.74, 6) is 1.61. The zero-order valence-corrected chi connectivity index (χ0v) is 15.8. The molecule has 5 nitrogen and oxygen atoms in total. The van der Waals surface area contributed by atoms with Crippen molar-refractivity contribution in [2.75, 3.05) is 19.0 Å². The molecule has 3 aromatic rings. The second-order valence-corrected chi connectivity index (χ2v) is 7.13. The second-order valence-electron chi connectivity index (χ2n) is 7.13.